The summed E-state index contributed by atoms with van der Waals surface area (Å²) in [5, 5.41) is 1.39. The van der Waals surface area contributed by atoms with E-state index in [0.717, 1.165) is 16.5 Å². The molecule has 0 aliphatic carbocycles. The molecule has 0 atom stereocenters. The molecule has 5 heteroatoms. The summed E-state index contributed by atoms with van der Waals surface area (Å²) in [4.78, 5) is 25.2. The Morgan fingerprint density at radius 3 is 2.41 bits per heavy atom. The first-order valence-corrected chi connectivity index (χ1v) is 9.12. The zero-order valence-corrected chi connectivity index (χ0v) is 15.8. The van der Waals surface area contributed by atoms with Crippen molar-refractivity contribution in [3.05, 3.63) is 72.8 Å². The molecular formula is C22H18O4S. The van der Waals surface area contributed by atoms with Crippen LogP contribution >= 0.6 is 11.8 Å². The van der Waals surface area contributed by atoms with Crippen LogP contribution in [0.3, 0.4) is 0 Å². The van der Waals surface area contributed by atoms with Crippen LogP contribution < -0.4 is 9.47 Å². The predicted molar refractivity (Wildman–Crippen MR) is 106 cm³/mol. The fraction of sp³-hybridized carbons (Fsp3) is 0.0909. The Bertz CT molecular complexity index is 1030. The number of rotatable bonds is 5. The molecule has 0 bridgehead atoms. The van der Waals surface area contributed by atoms with Crippen LogP contribution in [0.2, 0.25) is 0 Å². The zero-order chi connectivity index (χ0) is 19.4. The highest BCUT2D eigenvalue weighted by Gasteiger charge is 2.18. The molecule has 0 fully saturated rings. The van der Waals surface area contributed by atoms with Crippen LogP contribution in [0, 0.1) is 6.92 Å². The van der Waals surface area contributed by atoms with Gasteiger partial charge < -0.3 is 9.47 Å². The van der Waals surface area contributed by atoms with Gasteiger partial charge in [-0.05, 0) is 31.2 Å². The van der Waals surface area contributed by atoms with Crippen LogP contribution in [0.5, 0.6) is 11.5 Å². The molecule has 27 heavy (non-hydrogen) atoms. The second kappa shape index (κ2) is 8.10. The van der Waals surface area contributed by atoms with Gasteiger partial charge in [-0.25, -0.2) is 4.79 Å². The molecule has 0 unspecified atom stereocenters. The van der Waals surface area contributed by atoms with Gasteiger partial charge in [0.15, 0.2) is 5.75 Å². The normalized spacial score (nSPS) is 10.4. The van der Waals surface area contributed by atoms with Crippen LogP contribution in [-0.2, 0) is 9.59 Å². The van der Waals surface area contributed by atoms with Crippen molar-refractivity contribution in [1.82, 2.24) is 0 Å². The Kier molecular flexibility index (Phi) is 5.62. The Hall–Kier alpha value is -3.05. The summed E-state index contributed by atoms with van der Waals surface area (Å²) in [5.41, 5.74) is 1.00. The van der Waals surface area contributed by atoms with E-state index in [-0.39, 0.29) is 0 Å². The van der Waals surface area contributed by atoms with Gasteiger partial charge in [-0.1, -0.05) is 54.2 Å². The van der Waals surface area contributed by atoms with Gasteiger partial charge in [0.25, 0.3) is 0 Å². The summed E-state index contributed by atoms with van der Waals surface area (Å²) in [5.74, 6) is -0.117. The van der Waals surface area contributed by atoms with Crippen LogP contribution in [0.25, 0.3) is 10.8 Å². The molecule has 0 amide bonds. The lowest BCUT2D eigenvalue weighted by Crippen LogP contribution is -2.07. The fourth-order valence-electron chi connectivity index (χ4n) is 2.63. The second-order valence-corrected chi connectivity index (χ2v) is 7.00. The first-order chi connectivity index (χ1) is 13.0. The highest BCUT2D eigenvalue weighted by Crippen LogP contribution is 2.44. The maximum absolute atomic E-state index is 11.9. The van der Waals surface area contributed by atoms with E-state index in [9.17, 15) is 9.59 Å². The quantitative estimate of drug-likeness (QED) is 0.342. The van der Waals surface area contributed by atoms with Crippen LogP contribution in [0.1, 0.15) is 12.5 Å². The van der Waals surface area contributed by atoms with Gasteiger partial charge in [0.05, 0.1) is 4.90 Å². The molecule has 3 aromatic rings. The molecule has 0 saturated carbocycles. The lowest BCUT2D eigenvalue weighted by molar-refractivity contribution is -0.132. The van der Waals surface area contributed by atoms with Crippen molar-refractivity contribution in [1.29, 1.82) is 0 Å². The number of benzene rings is 3. The zero-order valence-electron chi connectivity index (χ0n) is 15.0. The maximum Gasteiger partial charge on any atom is 0.335 e. The van der Waals surface area contributed by atoms with Crippen LogP contribution in [-0.4, -0.2) is 11.9 Å². The molecule has 0 heterocycles. The third-order valence-corrected chi connectivity index (χ3v) is 4.80. The van der Waals surface area contributed by atoms with Crippen LogP contribution in [0.15, 0.2) is 77.0 Å². The molecule has 0 spiro atoms. The second-order valence-electron chi connectivity index (χ2n) is 5.88. The Morgan fingerprint density at radius 1 is 1.00 bits per heavy atom. The predicted octanol–water partition coefficient (Wildman–Crippen LogP) is 5.32. The topological polar surface area (TPSA) is 52.6 Å². The molecule has 136 valence electrons. The number of hydrogen-bond donors (Lipinski definition) is 0. The van der Waals surface area contributed by atoms with E-state index in [1.54, 1.807) is 6.07 Å². The average Bonchev–Trinajstić information content (AvgIpc) is 2.65. The number of carbonyl (C=O) groups is 2. The lowest BCUT2D eigenvalue weighted by atomic mass is 10.1. The van der Waals surface area contributed by atoms with E-state index in [2.05, 4.69) is 6.58 Å². The Morgan fingerprint density at radius 2 is 1.74 bits per heavy atom. The van der Waals surface area contributed by atoms with E-state index >= 15 is 0 Å². The van der Waals surface area contributed by atoms with Gasteiger partial charge in [0, 0.05) is 28.7 Å². The van der Waals surface area contributed by atoms with E-state index in [4.69, 9.17) is 9.47 Å². The van der Waals surface area contributed by atoms with Gasteiger partial charge in [-0.15, -0.1) is 0 Å². The first-order valence-electron chi connectivity index (χ1n) is 8.31. The third-order valence-electron chi connectivity index (χ3n) is 3.77. The molecule has 0 radical (unpaired) electrons. The summed E-state index contributed by atoms with van der Waals surface area (Å²) in [6.45, 7) is 6.77. The molecule has 4 nitrogen and oxygen atoms in total. The Labute approximate surface area is 161 Å². The molecular weight excluding hydrogens is 360 g/mol. The van der Waals surface area contributed by atoms with E-state index < -0.39 is 11.9 Å². The number of ether oxygens (including phenoxy) is 2. The van der Waals surface area contributed by atoms with Crippen molar-refractivity contribution < 1.29 is 19.1 Å². The van der Waals surface area contributed by atoms with Gasteiger partial charge in [-0.2, -0.15) is 0 Å². The number of fused-ring (bicyclic) bond motifs is 1. The van der Waals surface area contributed by atoms with Crippen LogP contribution in [0.4, 0.5) is 0 Å². The van der Waals surface area contributed by atoms with E-state index in [1.165, 1.54) is 18.7 Å². The summed E-state index contributed by atoms with van der Waals surface area (Å²) < 4.78 is 11.0. The molecule has 0 aliphatic rings. The van der Waals surface area contributed by atoms with Crippen molar-refractivity contribution >= 4 is 34.5 Å². The fourth-order valence-corrected chi connectivity index (χ4v) is 3.59. The minimum atomic E-state index is -0.549. The highest BCUT2D eigenvalue weighted by molar-refractivity contribution is 7.99. The minimum absolute atomic E-state index is 0.413. The van der Waals surface area contributed by atoms with Crippen molar-refractivity contribution in [2.45, 2.75) is 23.6 Å². The molecule has 3 rings (SSSR count). The number of carbonyl (C=O) groups excluding carboxylic acids is 2. The van der Waals surface area contributed by atoms with Gasteiger partial charge in [0.1, 0.15) is 5.75 Å². The van der Waals surface area contributed by atoms with Crippen molar-refractivity contribution in [3.63, 3.8) is 0 Å². The lowest BCUT2D eigenvalue weighted by Gasteiger charge is -2.16. The van der Waals surface area contributed by atoms with Crippen molar-refractivity contribution in [2.24, 2.45) is 0 Å². The van der Waals surface area contributed by atoms with E-state index in [1.807, 2.05) is 55.5 Å². The average molecular weight is 378 g/mol. The number of aryl methyl sites for hydroxylation is 1. The molecule has 0 saturated heterocycles. The summed E-state index contributed by atoms with van der Waals surface area (Å²) in [6.07, 6.45) is 1.12. The summed E-state index contributed by atoms with van der Waals surface area (Å²) >= 11 is 1.42. The summed E-state index contributed by atoms with van der Waals surface area (Å²) in [6, 6.07) is 17.1. The van der Waals surface area contributed by atoms with E-state index in [0.29, 0.717) is 27.2 Å². The number of esters is 2. The third kappa shape index (κ3) is 4.38. The van der Waals surface area contributed by atoms with Gasteiger partial charge >= 0.3 is 11.9 Å². The minimum Gasteiger partial charge on any atom is -0.426 e. The van der Waals surface area contributed by atoms with Crippen molar-refractivity contribution in [3.8, 4) is 11.5 Å². The molecule has 0 N–H and O–H groups in total. The SMILES string of the molecule is C=CC(=O)Oc1c(Sc2ccccc2)cc(OC(C)=O)c2cc(C)ccc12. The highest BCUT2D eigenvalue weighted by atomic mass is 32.2. The van der Waals surface area contributed by atoms with Gasteiger partial charge in [-0.3, -0.25) is 4.79 Å². The monoisotopic (exact) mass is 378 g/mol. The smallest absolute Gasteiger partial charge is 0.335 e. The van der Waals surface area contributed by atoms with Crippen molar-refractivity contribution in [2.75, 3.05) is 0 Å². The van der Waals surface area contributed by atoms with Gasteiger partial charge in [0.2, 0.25) is 0 Å². The Balaban J connectivity index is 2.24. The summed E-state index contributed by atoms with van der Waals surface area (Å²) in [7, 11) is 0. The largest absolute Gasteiger partial charge is 0.426 e. The standard InChI is InChI=1S/C22H18O4S/c1-4-21(24)26-22-17-11-10-14(2)12-18(17)19(25-15(3)23)13-20(22)27-16-8-6-5-7-9-16/h4-13H,1H2,2-3H3. The first kappa shape index (κ1) is 18.7. The number of hydrogen-bond acceptors (Lipinski definition) is 5. The molecule has 0 aromatic heterocycles. The maximum atomic E-state index is 11.9. The molecule has 0 aliphatic heterocycles. The molecule has 3 aromatic carbocycles.